The number of anilines is 1. The molecule has 0 aliphatic carbocycles. The lowest BCUT2D eigenvalue weighted by Crippen LogP contribution is -2.55. The molecule has 0 atom stereocenters. The molecule has 2 amide bonds. The Bertz CT molecular complexity index is 552. The SMILES string of the molecule is Cc1cccc(C(C)C)c1N1CCN(C(=O)NC(C)(C)C)CC1. The van der Waals surface area contributed by atoms with E-state index < -0.39 is 0 Å². The van der Waals surface area contributed by atoms with Gasteiger partial charge in [0.1, 0.15) is 0 Å². The minimum atomic E-state index is -0.185. The molecule has 1 N–H and O–H groups in total. The van der Waals surface area contributed by atoms with Crippen LogP contribution in [0.4, 0.5) is 10.5 Å². The van der Waals surface area contributed by atoms with Gasteiger partial charge in [-0.15, -0.1) is 0 Å². The van der Waals surface area contributed by atoms with Crippen molar-refractivity contribution in [2.45, 2.75) is 53.0 Å². The molecule has 4 nitrogen and oxygen atoms in total. The maximum Gasteiger partial charge on any atom is 0.317 e. The van der Waals surface area contributed by atoms with Crippen LogP contribution in [-0.2, 0) is 0 Å². The molecule has 0 spiro atoms. The van der Waals surface area contributed by atoms with Gasteiger partial charge in [-0.3, -0.25) is 0 Å². The zero-order valence-corrected chi connectivity index (χ0v) is 15.4. The fourth-order valence-electron chi connectivity index (χ4n) is 3.11. The summed E-state index contributed by atoms with van der Waals surface area (Å²) in [4.78, 5) is 16.7. The van der Waals surface area contributed by atoms with E-state index in [4.69, 9.17) is 0 Å². The Hall–Kier alpha value is -1.71. The van der Waals surface area contributed by atoms with Gasteiger partial charge in [0.15, 0.2) is 0 Å². The van der Waals surface area contributed by atoms with Crippen LogP contribution in [0.2, 0.25) is 0 Å². The van der Waals surface area contributed by atoms with Crippen LogP contribution in [0, 0.1) is 6.92 Å². The van der Waals surface area contributed by atoms with Gasteiger partial charge in [-0.1, -0.05) is 32.0 Å². The third-order valence-electron chi connectivity index (χ3n) is 4.26. The third-order valence-corrected chi connectivity index (χ3v) is 4.26. The van der Waals surface area contributed by atoms with Gasteiger partial charge in [0, 0.05) is 37.4 Å². The lowest BCUT2D eigenvalue weighted by atomic mass is 9.97. The Balaban J connectivity index is 2.07. The van der Waals surface area contributed by atoms with Gasteiger partial charge in [-0.25, -0.2) is 4.79 Å². The molecule has 0 saturated carbocycles. The van der Waals surface area contributed by atoms with Crippen LogP contribution in [0.3, 0.4) is 0 Å². The maximum absolute atomic E-state index is 12.3. The molecular formula is C19H31N3O. The summed E-state index contributed by atoms with van der Waals surface area (Å²) < 4.78 is 0. The molecular weight excluding hydrogens is 286 g/mol. The Kier molecular flexibility index (Phi) is 5.23. The van der Waals surface area contributed by atoms with Crippen LogP contribution < -0.4 is 10.2 Å². The fourth-order valence-corrected chi connectivity index (χ4v) is 3.11. The van der Waals surface area contributed by atoms with Gasteiger partial charge >= 0.3 is 6.03 Å². The number of piperazine rings is 1. The van der Waals surface area contributed by atoms with E-state index in [0.717, 1.165) is 26.2 Å². The number of hydrogen-bond donors (Lipinski definition) is 1. The summed E-state index contributed by atoms with van der Waals surface area (Å²) in [5.41, 5.74) is 3.90. The van der Waals surface area contributed by atoms with Crippen LogP contribution in [0.25, 0.3) is 0 Å². The zero-order chi connectivity index (χ0) is 17.2. The highest BCUT2D eigenvalue weighted by molar-refractivity contribution is 5.75. The van der Waals surface area contributed by atoms with Crippen LogP contribution >= 0.6 is 0 Å². The van der Waals surface area contributed by atoms with Crippen molar-refractivity contribution < 1.29 is 4.79 Å². The number of amides is 2. The first kappa shape index (κ1) is 17.6. The van der Waals surface area contributed by atoms with E-state index in [1.54, 1.807) is 0 Å². The third kappa shape index (κ3) is 4.40. The molecule has 1 aliphatic rings. The van der Waals surface area contributed by atoms with Gasteiger partial charge in [0.2, 0.25) is 0 Å². The number of urea groups is 1. The number of aryl methyl sites for hydroxylation is 1. The van der Waals surface area contributed by atoms with Crippen LogP contribution in [-0.4, -0.2) is 42.6 Å². The van der Waals surface area contributed by atoms with E-state index in [0.29, 0.717) is 5.92 Å². The van der Waals surface area contributed by atoms with E-state index in [2.05, 4.69) is 49.2 Å². The summed E-state index contributed by atoms with van der Waals surface area (Å²) in [5.74, 6) is 0.507. The number of rotatable bonds is 2. The van der Waals surface area contributed by atoms with Gasteiger partial charge in [0.05, 0.1) is 0 Å². The molecule has 1 aliphatic heterocycles. The second-order valence-electron chi connectivity index (χ2n) is 7.82. The molecule has 1 saturated heterocycles. The average molecular weight is 317 g/mol. The molecule has 0 bridgehead atoms. The van der Waals surface area contributed by atoms with Gasteiger partial charge in [-0.05, 0) is 44.7 Å². The van der Waals surface area contributed by atoms with Crippen LogP contribution in [0.5, 0.6) is 0 Å². The molecule has 0 unspecified atom stereocenters. The summed E-state index contributed by atoms with van der Waals surface area (Å²) in [6.07, 6.45) is 0. The summed E-state index contributed by atoms with van der Waals surface area (Å²) in [7, 11) is 0. The average Bonchev–Trinajstić information content (AvgIpc) is 2.45. The van der Waals surface area contributed by atoms with Crippen molar-refractivity contribution in [2.75, 3.05) is 31.1 Å². The monoisotopic (exact) mass is 317 g/mol. The second-order valence-corrected chi connectivity index (χ2v) is 7.82. The first-order chi connectivity index (χ1) is 10.7. The van der Waals surface area contributed by atoms with Crippen molar-refractivity contribution >= 4 is 11.7 Å². The van der Waals surface area contributed by atoms with Crippen molar-refractivity contribution in [3.63, 3.8) is 0 Å². The highest BCUT2D eigenvalue weighted by Gasteiger charge is 2.25. The molecule has 4 heteroatoms. The molecule has 1 aromatic rings. The smallest absolute Gasteiger partial charge is 0.317 e. The number of benzene rings is 1. The maximum atomic E-state index is 12.3. The Morgan fingerprint density at radius 1 is 1.13 bits per heavy atom. The number of para-hydroxylation sites is 1. The second kappa shape index (κ2) is 6.81. The van der Waals surface area contributed by atoms with Gasteiger partial charge in [-0.2, -0.15) is 0 Å². The Morgan fingerprint density at radius 2 is 1.74 bits per heavy atom. The quantitative estimate of drug-likeness (QED) is 0.902. The van der Waals surface area contributed by atoms with E-state index in [1.165, 1.54) is 16.8 Å². The zero-order valence-electron chi connectivity index (χ0n) is 15.4. The van der Waals surface area contributed by atoms with E-state index in [-0.39, 0.29) is 11.6 Å². The first-order valence-corrected chi connectivity index (χ1v) is 8.60. The van der Waals surface area contributed by atoms with Crippen molar-refractivity contribution in [1.82, 2.24) is 10.2 Å². The minimum Gasteiger partial charge on any atom is -0.368 e. The van der Waals surface area contributed by atoms with E-state index in [9.17, 15) is 4.79 Å². The van der Waals surface area contributed by atoms with E-state index >= 15 is 0 Å². The standard InChI is InChI=1S/C19H31N3O/c1-14(2)16-9-7-8-15(3)17(16)21-10-12-22(13-11-21)18(23)20-19(4,5)6/h7-9,14H,10-13H2,1-6H3,(H,20,23). The summed E-state index contributed by atoms with van der Waals surface area (Å²) in [6.45, 7) is 16.0. The molecule has 128 valence electrons. The van der Waals surface area contributed by atoms with Crippen molar-refractivity contribution in [3.8, 4) is 0 Å². The minimum absolute atomic E-state index is 0.0472. The highest BCUT2D eigenvalue weighted by atomic mass is 16.2. The summed E-state index contributed by atoms with van der Waals surface area (Å²) in [6, 6.07) is 6.60. The lowest BCUT2D eigenvalue weighted by molar-refractivity contribution is 0.185. The van der Waals surface area contributed by atoms with Gasteiger partial charge in [0.25, 0.3) is 0 Å². The normalized spacial score (nSPS) is 16.0. The topological polar surface area (TPSA) is 35.6 Å². The van der Waals surface area contributed by atoms with Crippen molar-refractivity contribution in [2.24, 2.45) is 0 Å². The summed E-state index contributed by atoms with van der Waals surface area (Å²) in [5, 5.41) is 3.05. The number of carbonyl (C=O) groups is 1. The molecule has 0 radical (unpaired) electrons. The molecule has 1 heterocycles. The fraction of sp³-hybridized carbons (Fsp3) is 0.632. The lowest BCUT2D eigenvalue weighted by Gasteiger charge is -2.39. The predicted molar refractivity (Wildman–Crippen MR) is 97.3 cm³/mol. The number of nitrogens with one attached hydrogen (secondary N) is 1. The van der Waals surface area contributed by atoms with Crippen LogP contribution in [0.15, 0.2) is 18.2 Å². The largest absolute Gasteiger partial charge is 0.368 e. The van der Waals surface area contributed by atoms with Crippen molar-refractivity contribution in [1.29, 1.82) is 0 Å². The predicted octanol–water partition coefficient (Wildman–Crippen LogP) is 3.75. The summed E-state index contributed by atoms with van der Waals surface area (Å²) >= 11 is 0. The molecule has 2 rings (SSSR count). The molecule has 1 fully saturated rings. The number of hydrogen-bond acceptors (Lipinski definition) is 2. The molecule has 0 aromatic heterocycles. The van der Waals surface area contributed by atoms with E-state index in [1.807, 2.05) is 25.7 Å². The molecule has 23 heavy (non-hydrogen) atoms. The number of nitrogens with zero attached hydrogens (tertiary/aromatic N) is 2. The molecule has 1 aromatic carbocycles. The van der Waals surface area contributed by atoms with Gasteiger partial charge < -0.3 is 15.1 Å². The Morgan fingerprint density at radius 3 is 2.26 bits per heavy atom. The Labute approximate surface area is 140 Å². The first-order valence-electron chi connectivity index (χ1n) is 8.60. The van der Waals surface area contributed by atoms with Crippen molar-refractivity contribution in [3.05, 3.63) is 29.3 Å². The highest BCUT2D eigenvalue weighted by Crippen LogP contribution is 2.31. The number of carbonyl (C=O) groups excluding carboxylic acids is 1. The van der Waals surface area contributed by atoms with Crippen LogP contribution in [0.1, 0.15) is 51.7 Å².